The molecule has 0 bridgehead atoms. The average Bonchev–Trinajstić information content (AvgIpc) is 2.71. The molecule has 3 nitrogen and oxygen atoms in total. The molecule has 2 atom stereocenters. The first-order chi connectivity index (χ1) is 7.47. The molecule has 0 spiro atoms. The molecule has 0 aliphatic carbocycles. The summed E-state index contributed by atoms with van der Waals surface area (Å²) in [6, 6.07) is 0.381. The Bertz CT molecular complexity index is 249. The minimum Gasteiger partial charge on any atom is -0.395 e. The van der Waals surface area contributed by atoms with Crippen molar-refractivity contribution in [1.29, 1.82) is 0 Å². The van der Waals surface area contributed by atoms with Gasteiger partial charge in [0.15, 0.2) is 0 Å². The zero-order valence-corrected chi connectivity index (χ0v) is 10.8. The zero-order valence-electron chi connectivity index (χ0n) is 10.8. The predicted molar refractivity (Wildman–Crippen MR) is 64.5 cm³/mol. The lowest BCUT2D eigenvalue weighted by Crippen LogP contribution is -2.48. The maximum atomic E-state index is 9.37. The van der Waals surface area contributed by atoms with Crippen molar-refractivity contribution >= 4 is 0 Å². The van der Waals surface area contributed by atoms with Gasteiger partial charge in [-0.15, -0.1) is 0 Å². The van der Waals surface area contributed by atoms with E-state index in [2.05, 4.69) is 25.7 Å². The number of rotatable bonds is 3. The van der Waals surface area contributed by atoms with Crippen LogP contribution in [0.5, 0.6) is 0 Å². The number of nitrogens with zero attached hydrogens (tertiary/aromatic N) is 1. The fourth-order valence-electron chi connectivity index (χ4n) is 3.16. The van der Waals surface area contributed by atoms with Crippen LogP contribution in [0.4, 0.5) is 0 Å². The van der Waals surface area contributed by atoms with Crippen LogP contribution in [0.2, 0.25) is 0 Å². The molecule has 2 heterocycles. The molecular weight excluding hydrogens is 202 g/mol. The van der Waals surface area contributed by atoms with E-state index in [0.717, 1.165) is 19.6 Å². The molecule has 0 aromatic carbocycles. The third-order valence-electron chi connectivity index (χ3n) is 4.02. The highest BCUT2D eigenvalue weighted by Crippen LogP contribution is 2.42. The third-order valence-corrected chi connectivity index (χ3v) is 4.02. The van der Waals surface area contributed by atoms with Crippen LogP contribution in [0.25, 0.3) is 0 Å². The quantitative estimate of drug-likeness (QED) is 0.798. The lowest BCUT2D eigenvalue weighted by molar-refractivity contribution is -0.0588. The van der Waals surface area contributed by atoms with Gasteiger partial charge in [0, 0.05) is 11.6 Å². The Morgan fingerprint density at radius 2 is 2.12 bits per heavy atom. The fraction of sp³-hybridized carbons (Fsp3) is 1.00. The van der Waals surface area contributed by atoms with Crippen molar-refractivity contribution in [2.24, 2.45) is 0 Å². The van der Waals surface area contributed by atoms with Gasteiger partial charge < -0.3 is 9.84 Å². The van der Waals surface area contributed by atoms with Gasteiger partial charge in [0.25, 0.3) is 0 Å². The van der Waals surface area contributed by atoms with E-state index in [1.807, 2.05) is 0 Å². The Balaban J connectivity index is 2.01. The number of hydrogen-bond acceptors (Lipinski definition) is 3. The lowest BCUT2D eigenvalue weighted by Gasteiger charge is -2.36. The lowest BCUT2D eigenvalue weighted by atomic mass is 9.95. The van der Waals surface area contributed by atoms with Crippen LogP contribution in [0.15, 0.2) is 0 Å². The van der Waals surface area contributed by atoms with Gasteiger partial charge in [-0.3, -0.25) is 4.90 Å². The summed E-state index contributed by atoms with van der Waals surface area (Å²) in [6.45, 7) is 8.60. The third kappa shape index (κ3) is 2.27. The smallest absolute Gasteiger partial charge is 0.0657 e. The summed E-state index contributed by atoms with van der Waals surface area (Å²) < 4.78 is 5.99. The van der Waals surface area contributed by atoms with E-state index in [9.17, 15) is 5.11 Å². The summed E-state index contributed by atoms with van der Waals surface area (Å²) in [4.78, 5) is 2.50. The van der Waals surface area contributed by atoms with Gasteiger partial charge >= 0.3 is 0 Å². The van der Waals surface area contributed by atoms with Gasteiger partial charge in [-0.25, -0.2) is 0 Å². The van der Waals surface area contributed by atoms with Crippen LogP contribution >= 0.6 is 0 Å². The molecule has 2 fully saturated rings. The molecule has 0 aromatic heterocycles. The van der Waals surface area contributed by atoms with Gasteiger partial charge in [-0.2, -0.15) is 0 Å². The van der Waals surface area contributed by atoms with E-state index in [4.69, 9.17) is 4.74 Å². The number of aliphatic hydroxyl groups is 1. The normalized spacial score (nSPS) is 35.6. The van der Waals surface area contributed by atoms with E-state index >= 15 is 0 Å². The highest BCUT2D eigenvalue weighted by Gasteiger charge is 2.49. The highest BCUT2D eigenvalue weighted by molar-refractivity contribution is 5.04. The second-order valence-electron chi connectivity index (χ2n) is 6.30. The predicted octanol–water partition coefficient (Wildman–Crippen LogP) is 1.79. The zero-order chi connectivity index (χ0) is 11.8. The van der Waals surface area contributed by atoms with Gasteiger partial charge in [0.1, 0.15) is 0 Å². The van der Waals surface area contributed by atoms with Crippen molar-refractivity contribution in [3.8, 4) is 0 Å². The van der Waals surface area contributed by atoms with Crippen LogP contribution in [-0.2, 0) is 4.74 Å². The van der Waals surface area contributed by atoms with Crippen molar-refractivity contribution < 1.29 is 9.84 Å². The fourth-order valence-corrected chi connectivity index (χ4v) is 3.16. The van der Waals surface area contributed by atoms with Crippen LogP contribution in [-0.4, -0.2) is 46.9 Å². The summed E-state index contributed by atoms with van der Waals surface area (Å²) in [5.41, 5.74) is 0.182. The maximum absolute atomic E-state index is 9.37. The van der Waals surface area contributed by atoms with Crippen molar-refractivity contribution in [2.75, 3.05) is 19.8 Å². The largest absolute Gasteiger partial charge is 0.395 e. The molecule has 2 aliphatic rings. The van der Waals surface area contributed by atoms with Gasteiger partial charge in [0.2, 0.25) is 0 Å². The summed E-state index contributed by atoms with van der Waals surface area (Å²) in [6.07, 6.45) is 4.81. The minimum atomic E-state index is -0.0552. The van der Waals surface area contributed by atoms with E-state index in [1.165, 1.54) is 19.3 Å². The minimum absolute atomic E-state index is 0.0552. The second-order valence-corrected chi connectivity index (χ2v) is 6.30. The van der Waals surface area contributed by atoms with Crippen LogP contribution in [0.3, 0.4) is 0 Å². The molecule has 2 saturated heterocycles. The number of ether oxygens (including phenoxy) is 1. The van der Waals surface area contributed by atoms with E-state index in [0.29, 0.717) is 12.6 Å². The van der Waals surface area contributed by atoms with Crippen molar-refractivity contribution in [3.05, 3.63) is 0 Å². The number of hydrogen-bond donors (Lipinski definition) is 1. The summed E-state index contributed by atoms with van der Waals surface area (Å²) in [7, 11) is 0. The van der Waals surface area contributed by atoms with Crippen molar-refractivity contribution in [3.63, 3.8) is 0 Å². The molecule has 16 heavy (non-hydrogen) atoms. The molecule has 0 amide bonds. The molecule has 0 aromatic rings. The molecular formula is C13H25NO2. The number of aliphatic hydroxyl groups excluding tert-OH is 1. The van der Waals surface area contributed by atoms with Gasteiger partial charge in [0.05, 0.1) is 18.8 Å². The number of fused-ring (bicyclic) bond motifs is 1. The van der Waals surface area contributed by atoms with E-state index in [1.54, 1.807) is 0 Å². The van der Waals surface area contributed by atoms with E-state index in [-0.39, 0.29) is 11.1 Å². The maximum Gasteiger partial charge on any atom is 0.0657 e. The topological polar surface area (TPSA) is 32.7 Å². The Hall–Kier alpha value is -0.120. The summed E-state index contributed by atoms with van der Waals surface area (Å²) in [5.74, 6) is 0. The highest BCUT2D eigenvalue weighted by atomic mass is 16.5. The molecule has 3 heteroatoms. The molecule has 0 saturated carbocycles. The van der Waals surface area contributed by atoms with Crippen LogP contribution in [0.1, 0.15) is 46.5 Å². The molecule has 0 radical (unpaired) electrons. The molecule has 2 aliphatic heterocycles. The Morgan fingerprint density at radius 1 is 1.38 bits per heavy atom. The van der Waals surface area contributed by atoms with Crippen molar-refractivity contribution in [1.82, 2.24) is 4.90 Å². The average molecular weight is 227 g/mol. The Kier molecular flexibility index (Phi) is 3.30. The monoisotopic (exact) mass is 227 g/mol. The standard InChI is InChI=1S/C13H25NO2/c1-12(2,3)16-10-13-6-4-8-14(13)11(9-15)5-7-13/h11,15H,4-10H2,1-3H3. The second kappa shape index (κ2) is 4.28. The van der Waals surface area contributed by atoms with Gasteiger partial charge in [-0.1, -0.05) is 0 Å². The van der Waals surface area contributed by atoms with Gasteiger partial charge in [-0.05, 0) is 53.0 Å². The Morgan fingerprint density at radius 3 is 2.75 bits per heavy atom. The molecule has 1 N–H and O–H groups in total. The van der Waals surface area contributed by atoms with Crippen molar-refractivity contribution in [2.45, 2.75) is 63.6 Å². The first-order valence-corrected chi connectivity index (χ1v) is 6.48. The van der Waals surface area contributed by atoms with Crippen LogP contribution in [0, 0.1) is 0 Å². The molecule has 2 unspecified atom stereocenters. The summed E-state index contributed by atoms with van der Waals surface area (Å²) in [5, 5.41) is 9.37. The Labute approximate surface area is 98.8 Å². The SMILES string of the molecule is CC(C)(C)OCC12CCCN1C(CO)CC2. The first kappa shape index (κ1) is 12.3. The summed E-state index contributed by atoms with van der Waals surface area (Å²) >= 11 is 0. The molecule has 2 rings (SSSR count). The van der Waals surface area contributed by atoms with Crippen LogP contribution < -0.4 is 0 Å². The van der Waals surface area contributed by atoms with E-state index < -0.39 is 0 Å². The molecule has 94 valence electrons. The first-order valence-electron chi connectivity index (χ1n) is 6.48.